The van der Waals surface area contributed by atoms with Crippen LogP contribution in [0.5, 0.6) is 5.88 Å². The van der Waals surface area contributed by atoms with Gasteiger partial charge in [0.05, 0.1) is 6.10 Å². The Labute approximate surface area is 130 Å². The van der Waals surface area contributed by atoms with Crippen LogP contribution in [0.2, 0.25) is 0 Å². The monoisotopic (exact) mass is 305 g/mol. The van der Waals surface area contributed by atoms with Gasteiger partial charge in [-0.05, 0) is 32.3 Å². The van der Waals surface area contributed by atoms with Crippen LogP contribution in [0.4, 0.5) is 0 Å². The average molecular weight is 305 g/mol. The van der Waals surface area contributed by atoms with Crippen LogP contribution in [-0.4, -0.2) is 40.4 Å². The third-order valence-corrected chi connectivity index (χ3v) is 3.58. The lowest BCUT2D eigenvalue weighted by Gasteiger charge is -2.22. The number of hydrogen-bond donors (Lipinski definition) is 1. The van der Waals surface area contributed by atoms with Crippen LogP contribution in [0.3, 0.4) is 0 Å². The summed E-state index contributed by atoms with van der Waals surface area (Å²) in [5, 5.41) is 2.87. The Kier molecular flexibility index (Phi) is 5.35. The lowest BCUT2D eigenvalue weighted by Crippen LogP contribution is -2.44. The van der Waals surface area contributed by atoms with Gasteiger partial charge in [0.25, 0.3) is 0 Å². The predicted octanol–water partition coefficient (Wildman–Crippen LogP) is 1.50. The third-order valence-electron chi connectivity index (χ3n) is 3.58. The molecule has 1 aliphatic rings. The van der Waals surface area contributed by atoms with Crippen LogP contribution >= 0.6 is 0 Å². The molecule has 22 heavy (non-hydrogen) atoms. The van der Waals surface area contributed by atoms with E-state index in [0.717, 1.165) is 18.4 Å². The maximum atomic E-state index is 12.2. The molecule has 0 aromatic carbocycles. The largest absolute Gasteiger partial charge is 0.475 e. The second-order valence-electron chi connectivity index (χ2n) is 5.76. The van der Waals surface area contributed by atoms with Crippen LogP contribution in [0.25, 0.3) is 0 Å². The van der Waals surface area contributed by atoms with Crippen molar-refractivity contribution in [3.63, 3.8) is 0 Å². The van der Waals surface area contributed by atoms with Crippen LogP contribution in [0.15, 0.2) is 18.3 Å². The molecule has 1 fully saturated rings. The minimum atomic E-state index is -0.339. The summed E-state index contributed by atoms with van der Waals surface area (Å²) in [6, 6.07) is 3.33. The standard InChI is InChI=1S/C16H23N3O3/c1-11(2)22-15-7-6-13(9-17-15)10-18-16(21)14-5-4-8-19(14)12(3)20/h6-7,9,11,14H,4-5,8,10H2,1-3H3,(H,18,21)/t14-/m1/s1. The molecule has 2 heterocycles. The Balaban J connectivity index is 1.87. The molecule has 1 saturated heterocycles. The van der Waals surface area contributed by atoms with Crippen molar-refractivity contribution in [3.8, 4) is 5.88 Å². The number of amides is 2. The number of aromatic nitrogens is 1. The van der Waals surface area contributed by atoms with Gasteiger partial charge in [-0.15, -0.1) is 0 Å². The second-order valence-corrected chi connectivity index (χ2v) is 5.76. The molecule has 0 unspecified atom stereocenters. The summed E-state index contributed by atoms with van der Waals surface area (Å²) in [7, 11) is 0. The molecule has 2 amide bonds. The van der Waals surface area contributed by atoms with Gasteiger partial charge in [-0.3, -0.25) is 9.59 Å². The number of likely N-dealkylation sites (tertiary alicyclic amines) is 1. The second kappa shape index (κ2) is 7.24. The van der Waals surface area contributed by atoms with E-state index in [0.29, 0.717) is 19.0 Å². The predicted molar refractivity (Wildman–Crippen MR) is 82.3 cm³/mol. The molecule has 0 saturated carbocycles. The zero-order chi connectivity index (χ0) is 16.1. The Morgan fingerprint density at radius 2 is 2.23 bits per heavy atom. The van der Waals surface area contributed by atoms with Gasteiger partial charge in [-0.2, -0.15) is 0 Å². The van der Waals surface area contributed by atoms with E-state index in [1.165, 1.54) is 6.92 Å². The van der Waals surface area contributed by atoms with Gasteiger partial charge < -0.3 is 15.0 Å². The maximum Gasteiger partial charge on any atom is 0.243 e. The van der Waals surface area contributed by atoms with E-state index < -0.39 is 0 Å². The lowest BCUT2D eigenvalue weighted by atomic mass is 10.2. The van der Waals surface area contributed by atoms with E-state index in [1.807, 2.05) is 19.9 Å². The molecule has 1 aliphatic heterocycles. The van der Waals surface area contributed by atoms with Gasteiger partial charge >= 0.3 is 0 Å². The normalized spacial score (nSPS) is 17.6. The number of rotatable bonds is 5. The van der Waals surface area contributed by atoms with Crippen molar-refractivity contribution in [2.24, 2.45) is 0 Å². The fourth-order valence-electron chi connectivity index (χ4n) is 2.55. The number of carbonyl (C=O) groups is 2. The fourth-order valence-corrected chi connectivity index (χ4v) is 2.55. The molecule has 0 aliphatic carbocycles. The fraction of sp³-hybridized carbons (Fsp3) is 0.562. The summed E-state index contributed by atoms with van der Waals surface area (Å²) in [5.41, 5.74) is 0.900. The molecule has 1 atom stereocenters. The first kappa shape index (κ1) is 16.3. The summed E-state index contributed by atoms with van der Waals surface area (Å²) in [6.45, 7) is 6.45. The summed E-state index contributed by atoms with van der Waals surface area (Å²) >= 11 is 0. The summed E-state index contributed by atoms with van der Waals surface area (Å²) in [6.07, 6.45) is 3.37. The molecule has 120 valence electrons. The molecule has 6 heteroatoms. The average Bonchev–Trinajstić information content (AvgIpc) is 2.95. The van der Waals surface area contributed by atoms with E-state index in [9.17, 15) is 9.59 Å². The molecular weight excluding hydrogens is 282 g/mol. The van der Waals surface area contributed by atoms with Crippen LogP contribution in [0.1, 0.15) is 39.2 Å². The highest BCUT2D eigenvalue weighted by molar-refractivity contribution is 5.87. The van der Waals surface area contributed by atoms with Crippen LogP contribution < -0.4 is 10.1 Å². The molecular formula is C16H23N3O3. The number of hydrogen-bond acceptors (Lipinski definition) is 4. The maximum absolute atomic E-state index is 12.2. The summed E-state index contributed by atoms with van der Waals surface area (Å²) in [4.78, 5) is 29.5. The molecule has 1 aromatic heterocycles. The highest BCUT2D eigenvalue weighted by atomic mass is 16.5. The molecule has 1 aromatic rings. The van der Waals surface area contributed by atoms with Gasteiger partial charge in [0.1, 0.15) is 6.04 Å². The van der Waals surface area contributed by atoms with Gasteiger partial charge in [0, 0.05) is 32.3 Å². The van der Waals surface area contributed by atoms with E-state index in [4.69, 9.17) is 4.74 Å². The van der Waals surface area contributed by atoms with Gasteiger partial charge in [0.15, 0.2) is 0 Å². The first-order chi connectivity index (χ1) is 10.5. The number of nitrogens with zero attached hydrogens (tertiary/aromatic N) is 2. The highest BCUT2D eigenvalue weighted by Gasteiger charge is 2.31. The van der Waals surface area contributed by atoms with Crippen molar-refractivity contribution in [3.05, 3.63) is 23.9 Å². The third kappa shape index (κ3) is 4.19. The van der Waals surface area contributed by atoms with Crippen LogP contribution in [0, 0.1) is 0 Å². The SMILES string of the molecule is CC(=O)N1CCC[C@@H]1C(=O)NCc1ccc(OC(C)C)nc1. The zero-order valence-electron chi connectivity index (χ0n) is 13.3. The number of pyridine rings is 1. The van der Waals surface area contributed by atoms with Crippen molar-refractivity contribution in [2.75, 3.05) is 6.54 Å². The minimum absolute atomic E-state index is 0.0468. The summed E-state index contributed by atoms with van der Waals surface area (Å²) < 4.78 is 5.47. The quantitative estimate of drug-likeness (QED) is 0.895. The highest BCUT2D eigenvalue weighted by Crippen LogP contribution is 2.17. The van der Waals surface area contributed by atoms with Crippen molar-refractivity contribution in [1.82, 2.24) is 15.2 Å². The number of nitrogens with one attached hydrogen (secondary N) is 1. The van der Waals surface area contributed by atoms with Gasteiger partial charge in [0.2, 0.25) is 17.7 Å². The van der Waals surface area contributed by atoms with E-state index >= 15 is 0 Å². The molecule has 0 spiro atoms. The van der Waals surface area contributed by atoms with E-state index in [-0.39, 0.29) is 24.0 Å². The Morgan fingerprint density at radius 1 is 1.45 bits per heavy atom. The van der Waals surface area contributed by atoms with Crippen molar-refractivity contribution >= 4 is 11.8 Å². The van der Waals surface area contributed by atoms with Crippen LogP contribution in [-0.2, 0) is 16.1 Å². The Bertz CT molecular complexity index is 528. The van der Waals surface area contributed by atoms with Crippen molar-refractivity contribution in [2.45, 2.75) is 52.3 Å². The number of carbonyl (C=O) groups excluding carboxylic acids is 2. The van der Waals surface area contributed by atoms with Crippen molar-refractivity contribution < 1.29 is 14.3 Å². The van der Waals surface area contributed by atoms with Gasteiger partial charge in [-0.1, -0.05) is 6.07 Å². The van der Waals surface area contributed by atoms with Gasteiger partial charge in [-0.25, -0.2) is 4.98 Å². The van der Waals surface area contributed by atoms with Crippen molar-refractivity contribution in [1.29, 1.82) is 0 Å². The van der Waals surface area contributed by atoms with E-state index in [1.54, 1.807) is 17.2 Å². The molecule has 0 radical (unpaired) electrons. The Morgan fingerprint density at radius 3 is 2.82 bits per heavy atom. The number of ether oxygens (including phenoxy) is 1. The Hall–Kier alpha value is -2.11. The first-order valence-corrected chi connectivity index (χ1v) is 7.64. The van der Waals surface area contributed by atoms with E-state index in [2.05, 4.69) is 10.3 Å². The molecule has 1 N–H and O–H groups in total. The molecule has 0 bridgehead atoms. The minimum Gasteiger partial charge on any atom is -0.475 e. The topological polar surface area (TPSA) is 71.5 Å². The summed E-state index contributed by atoms with van der Waals surface area (Å²) in [5.74, 6) is 0.424. The molecule has 2 rings (SSSR count). The zero-order valence-corrected chi connectivity index (χ0v) is 13.3. The lowest BCUT2D eigenvalue weighted by molar-refractivity contribution is -0.136. The first-order valence-electron chi connectivity index (χ1n) is 7.64. The molecule has 6 nitrogen and oxygen atoms in total. The smallest absolute Gasteiger partial charge is 0.243 e.